The molecule has 21 heavy (non-hydrogen) atoms. The Labute approximate surface area is 131 Å². The fraction of sp³-hybridized carbons (Fsp3) is 0.500. The number of hydrogen-bond acceptors (Lipinski definition) is 3. The van der Waals surface area contributed by atoms with Crippen LogP contribution in [0.25, 0.3) is 10.9 Å². The fourth-order valence-electron chi connectivity index (χ4n) is 3.13. The Kier molecular flexibility index (Phi) is 5.15. The molecule has 0 bridgehead atoms. The second-order valence-corrected chi connectivity index (χ2v) is 7.12. The predicted octanol–water partition coefficient (Wildman–Crippen LogP) is 4.04. The SMILES string of the molecule is CCNC(Cc1ccc2ccccc2n1)C1CCCCS1. The highest BCUT2D eigenvalue weighted by molar-refractivity contribution is 8.00. The van der Waals surface area contributed by atoms with Gasteiger partial charge in [0.2, 0.25) is 0 Å². The van der Waals surface area contributed by atoms with E-state index in [1.54, 1.807) is 0 Å². The summed E-state index contributed by atoms with van der Waals surface area (Å²) in [6.45, 7) is 3.24. The first-order valence-corrected chi connectivity index (χ1v) is 9.11. The summed E-state index contributed by atoms with van der Waals surface area (Å²) in [5, 5.41) is 5.66. The van der Waals surface area contributed by atoms with Gasteiger partial charge in [-0.25, -0.2) is 0 Å². The first-order chi connectivity index (χ1) is 10.4. The molecule has 1 aromatic carbocycles. The molecule has 2 heterocycles. The normalized spacial score (nSPS) is 20.5. The van der Waals surface area contributed by atoms with Crippen molar-refractivity contribution in [1.82, 2.24) is 10.3 Å². The zero-order valence-corrected chi connectivity index (χ0v) is 13.5. The van der Waals surface area contributed by atoms with Gasteiger partial charge in [-0.2, -0.15) is 11.8 Å². The van der Waals surface area contributed by atoms with Gasteiger partial charge in [-0.1, -0.05) is 37.6 Å². The molecule has 2 atom stereocenters. The minimum atomic E-state index is 0.550. The number of fused-ring (bicyclic) bond motifs is 1. The van der Waals surface area contributed by atoms with E-state index in [4.69, 9.17) is 4.98 Å². The number of hydrogen-bond donors (Lipinski definition) is 1. The number of likely N-dealkylation sites (N-methyl/N-ethyl adjacent to an activating group) is 1. The largest absolute Gasteiger partial charge is 0.313 e. The van der Waals surface area contributed by atoms with Crippen LogP contribution < -0.4 is 5.32 Å². The molecule has 3 rings (SSSR count). The summed E-state index contributed by atoms with van der Waals surface area (Å²) in [5.41, 5.74) is 2.33. The van der Waals surface area contributed by atoms with Crippen LogP contribution in [-0.2, 0) is 6.42 Å². The molecule has 1 aromatic heterocycles. The number of thioether (sulfide) groups is 1. The molecule has 2 aromatic rings. The Morgan fingerprint density at radius 2 is 2.14 bits per heavy atom. The quantitative estimate of drug-likeness (QED) is 0.902. The molecule has 1 saturated heterocycles. The average Bonchev–Trinajstić information content (AvgIpc) is 2.55. The third-order valence-corrected chi connectivity index (χ3v) is 5.73. The van der Waals surface area contributed by atoms with E-state index < -0.39 is 0 Å². The van der Waals surface area contributed by atoms with E-state index in [0.717, 1.165) is 23.7 Å². The van der Waals surface area contributed by atoms with Crippen LogP contribution in [0.1, 0.15) is 31.9 Å². The highest BCUT2D eigenvalue weighted by Gasteiger charge is 2.24. The molecule has 0 amide bonds. The van der Waals surface area contributed by atoms with Gasteiger partial charge in [0.05, 0.1) is 5.52 Å². The molecule has 1 aliphatic rings. The molecule has 0 saturated carbocycles. The van der Waals surface area contributed by atoms with Crippen LogP contribution in [0.5, 0.6) is 0 Å². The maximum Gasteiger partial charge on any atom is 0.0705 e. The molecule has 2 unspecified atom stereocenters. The van der Waals surface area contributed by atoms with Crippen molar-refractivity contribution in [3.05, 3.63) is 42.1 Å². The zero-order valence-electron chi connectivity index (χ0n) is 12.7. The van der Waals surface area contributed by atoms with Gasteiger partial charge in [0.15, 0.2) is 0 Å². The van der Waals surface area contributed by atoms with Crippen molar-refractivity contribution in [1.29, 1.82) is 0 Å². The Morgan fingerprint density at radius 3 is 2.95 bits per heavy atom. The van der Waals surface area contributed by atoms with Crippen LogP contribution in [0.4, 0.5) is 0 Å². The molecule has 1 aliphatic heterocycles. The van der Waals surface area contributed by atoms with E-state index in [9.17, 15) is 0 Å². The van der Waals surface area contributed by atoms with E-state index in [0.29, 0.717) is 6.04 Å². The van der Waals surface area contributed by atoms with Crippen LogP contribution >= 0.6 is 11.8 Å². The second kappa shape index (κ2) is 7.28. The summed E-state index contributed by atoms with van der Waals surface area (Å²) >= 11 is 2.14. The molecular formula is C18H24N2S. The molecule has 2 nitrogen and oxygen atoms in total. The predicted molar refractivity (Wildman–Crippen MR) is 93.0 cm³/mol. The first kappa shape index (κ1) is 14.9. The van der Waals surface area contributed by atoms with E-state index in [1.807, 2.05) is 0 Å². The topological polar surface area (TPSA) is 24.9 Å². The second-order valence-electron chi connectivity index (χ2n) is 5.77. The molecule has 1 N–H and O–H groups in total. The first-order valence-electron chi connectivity index (χ1n) is 8.06. The van der Waals surface area contributed by atoms with Crippen molar-refractivity contribution >= 4 is 22.7 Å². The van der Waals surface area contributed by atoms with Crippen molar-refractivity contribution in [3.63, 3.8) is 0 Å². The van der Waals surface area contributed by atoms with E-state index in [2.05, 4.69) is 60.4 Å². The third kappa shape index (κ3) is 3.78. The Hall–Kier alpha value is -1.06. The van der Waals surface area contributed by atoms with Gasteiger partial charge >= 0.3 is 0 Å². The number of pyridine rings is 1. The molecule has 0 spiro atoms. The summed E-state index contributed by atoms with van der Waals surface area (Å²) in [6.07, 6.45) is 5.14. The minimum absolute atomic E-state index is 0.550. The third-order valence-electron chi connectivity index (χ3n) is 4.22. The Balaban J connectivity index is 1.76. The lowest BCUT2D eigenvalue weighted by Gasteiger charge is -2.30. The van der Waals surface area contributed by atoms with Crippen molar-refractivity contribution in [2.24, 2.45) is 0 Å². The van der Waals surface area contributed by atoms with Crippen LogP contribution in [0.2, 0.25) is 0 Å². The van der Waals surface area contributed by atoms with Gasteiger partial charge in [0, 0.05) is 28.8 Å². The summed E-state index contributed by atoms with van der Waals surface area (Å²) < 4.78 is 0. The Morgan fingerprint density at radius 1 is 1.24 bits per heavy atom. The molecule has 112 valence electrons. The lowest BCUT2D eigenvalue weighted by molar-refractivity contribution is 0.469. The number of nitrogens with one attached hydrogen (secondary N) is 1. The zero-order chi connectivity index (χ0) is 14.5. The van der Waals surface area contributed by atoms with Gasteiger partial charge in [-0.15, -0.1) is 0 Å². The van der Waals surface area contributed by atoms with Crippen LogP contribution in [-0.4, -0.2) is 28.6 Å². The monoisotopic (exact) mass is 300 g/mol. The molecular weight excluding hydrogens is 276 g/mol. The molecule has 0 aliphatic carbocycles. The van der Waals surface area contributed by atoms with Crippen molar-refractivity contribution in [2.75, 3.05) is 12.3 Å². The maximum atomic E-state index is 4.84. The average molecular weight is 300 g/mol. The minimum Gasteiger partial charge on any atom is -0.313 e. The van der Waals surface area contributed by atoms with Crippen LogP contribution in [0, 0.1) is 0 Å². The van der Waals surface area contributed by atoms with E-state index in [1.165, 1.54) is 36.1 Å². The smallest absolute Gasteiger partial charge is 0.0705 e. The lowest BCUT2D eigenvalue weighted by atomic mass is 10.0. The maximum absolute atomic E-state index is 4.84. The highest BCUT2D eigenvalue weighted by Crippen LogP contribution is 2.29. The summed E-state index contributed by atoms with van der Waals surface area (Å²) in [7, 11) is 0. The number of rotatable bonds is 5. The number of nitrogens with zero attached hydrogens (tertiary/aromatic N) is 1. The van der Waals surface area contributed by atoms with Gasteiger partial charge in [0.1, 0.15) is 0 Å². The van der Waals surface area contributed by atoms with Crippen molar-refractivity contribution < 1.29 is 0 Å². The highest BCUT2D eigenvalue weighted by atomic mass is 32.2. The standard InChI is InChI=1S/C18H24N2S/c1-2-19-17(18-9-5-6-12-21-18)13-15-11-10-14-7-3-4-8-16(14)20-15/h3-4,7-8,10-11,17-19H,2,5-6,9,12-13H2,1H3. The number of benzene rings is 1. The van der Waals surface area contributed by atoms with Gasteiger partial charge in [-0.05, 0) is 37.3 Å². The summed E-state index contributed by atoms with van der Waals surface area (Å²) in [5.74, 6) is 1.32. The van der Waals surface area contributed by atoms with Gasteiger partial charge < -0.3 is 5.32 Å². The lowest BCUT2D eigenvalue weighted by Crippen LogP contribution is -2.41. The van der Waals surface area contributed by atoms with Crippen molar-refractivity contribution in [3.8, 4) is 0 Å². The van der Waals surface area contributed by atoms with Gasteiger partial charge in [0.25, 0.3) is 0 Å². The molecule has 3 heteroatoms. The van der Waals surface area contributed by atoms with Crippen molar-refractivity contribution in [2.45, 2.75) is 43.9 Å². The Bertz CT molecular complexity index is 578. The fourth-order valence-corrected chi connectivity index (χ4v) is 4.56. The van der Waals surface area contributed by atoms with Crippen LogP contribution in [0.3, 0.4) is 0 Å². The number of aromatic nitrogens is 1. The summed E-state index contributed by atoms with van der Waals surface area (Å²) in [6, 6.07) is 13.3. The summed E-state index contributed by atoms with van der Waals surface area (Å²) in [4.78, 5) is 4.84. The molecule has 0 radical (unpaired) electrons. The molecule has 1 fully saturated rings. The number of para-hydroxylation sites is 1. The van der Waals surface area contributed by atoms with E-state index >= 15 is 0 Å². The van der Waals surface area contributed by atoms with Crippen LogP contribution in [0.15, 0.2) is 36.4 Å². The van der Waals surface area contributed by atoms with E-state index in [-0.39, 0.29) is 0 Å². The van der Waals surface area contributed by atoms with Gasteiger partial charge in [-0.3, -0.25) is 4.98 Å².